The second-order valence-electron chi connectivity index (χ2n) is 4.83. The fraction of sp³-hybridized carbons (Fsp3) is 0.562. The van der Waals surface area contributed by atoms with E-state index < -0.39 is 0 Å². The van der Waals surface area contributed by atoms with E-state index in [2.05, 4.69) is 30.1 Å². The number of thioether (sulfide) groups is 1. The Bertz CT molecular complexity index is 409. The molecule has 1 aromatic rings. The number of anilines is 2. The van der Waals surface area contributed by atoms with Gasteiger partial charge in [0, 0.05) is 37.1 Å². The molecule has 1 rings (SSSR count). The predicted octanol–water partition coefficient (Wildman–Crippen LogP) is 4.00. The normalized spacial score (nSPS) is 10.3. The molecular formula is C16H26N2OS. The van der Waals surface area contributed by atoms with E-state index in [-0.39, 0.29) is 5.91 Å². The molecule has 0 bridgehead atoms. The highest BCUT2D eigenvalue weighted by atomic mass is 32.2. The van der Waals surface area contributed by atoms with Gasteiger partial charge >= 0.3 is 0 Å². The van der Waals surface area contributed by atoms with Gasteiger partial charge in [-0.15, -0.1) is 0 Å². The first-order chi connectivity index (χ1) is 9.67. The van der Waals surface area contributed by atoms with Crippen LogP contribution in [0.1, 0.15) is 33.1 Å². The Morgan fingerprint density at radius 1 is 1.30 bits per heavy atom. The highest BCUT2D eigenvalue weighted by molar-refractivity contribution is 7.99. The molecule has 0 aromatic heterocycles. The van der Waals surface area contributed by atoms with E-state index in [1.165, 1.54) is 12.8 Å². The molecule has 1 N–H and O–H groups in total. The maximum Gasteiger partial charge on any atom is 0.225 e. The van der Waals surface area contributed by atoms with Crippen LogP contribution in [-0.2, 0) is 4.79 Å². The number of hydrogen-bond acceptors (Lipinski definition) is 3. The zero-order valence-electron chi connectivity index (χ0n) is 12.8. The number of carbonyl (C=O) groups is 1. The summed E-state index contributed by atoms with van der Waals surface area (Å²) in [5.41, 5.74) is 2.01. The molecule has 1 aromatic carbocycles. The highest BCUT2D eigenvalue weighted by Gasteiger charge is 2.04. The molecule has 112 valence electrons. The highest BCUT2D eigenvalue weighted by Crippen LogP contribution is 2.18. The Labute approximate surface area is 127 Å². The quantitative estimate of drug-likeness (QED) is 0.699. The van der Waals surface area contributed by atoms with Crippen molar-refractivity contribution in [3.05, 3.63) is 24.3 Å². The van der Waals surface area contributed by atoms with Gasteiger partial charge in [0.05, 0.1) is 0 Å². The minimum atomic E-state index is 0.102. The standard InChI is InChI=1S/C16H26N2OS/c1-4-6-11-20-12-10-16(19)17-14-8-7-9-15(13-14)18(3)5-2/h7-9,13H,4-6,10-12H2,1-3H3,(H,17,19). The SMILES string of the molecule is CCCCSCCC(=O)Nc1cccc(N(C)CC)c1. The van der Waals surface area contributed by atoms with Gasteiger partial charge < -0.3 is 10.2 Å². The molecule has 0 heterocycles. The topological polar surface area (TPSA) is 32.3 Å². The van der Waals surface area contributed by atoms with E-state index >= 15 is 0 Å². The summed E-state index contributed by atoms with van der Waals surface area (Å²) in [5.74, 6) is 2.16. The minimum Gasteiger partial charge on any atom is -0.375 e. The van der Waals surface area contributed by atoms with Gasteiger partial charge in [-0.25, -0.2) is 0 Å². The number of benzene rings is 1. The Hall–Kier alpha value is -1.16. The lowest BCUT2D eigenvalue weighted by Crippen LogP contribution is -2.16. The van der Waals surface area contributed by atoms with Crippen LogP contribution in [0.15, 0.2) is 24.3 Å². The maximum atomic E-state index is 11.9. The summed E-state index contributed by atoms with van der Waals surface area (Å²) in [6.45, 7) is 5.25. The average Bonchev–Trinajstić information content (AvgIpc) is 2.46. The zero-order valence-corrected chi connectivity index (χ0v) is 13.6. The number of hydrogen-bond donors (Lipinski definition) is 1. The Morgan fingerprint density at radius 3 is 2.80 bits per heavy atom. The Kier molecular flexibility index (Phi) is 8.19. The smallest absolute Gasteiger partial charge is 0.225 e. The van der Waals surface area contributed by atoms with Crippen molar-refractivity contribution in [3.63, 3.8) is 0 Å². The van der Waals surface area contributed by atoms with Gasteiger partial charge in [0.15, 0.2) is 0 Å². The van der Waals surface area contributed by atoms with Crippen LogP contribution < -0.4 is 10.2 Å². The Morgan fingerprint density at radius 2 is 2.10 bits per heavy atom. The average molecular weight is 294 g/mol. The first-order valence-electron chi connectivity index (χ1n) is 7.36. The third-order valence-corrected chi connectivity index (χ3v) is 4.23. The molecule has 0 unspecified atom stereocenters. The molecular weight excluding hydrogens is 268 g/mol. The van der Waals surface area contributed by atoms with E-state index in [9.17, 15) is 4.79 Å². The zero-order chi connectivity index (χ0) is 14.8. The number of carbonyl (C=O) groups excluding carboxylic acids is 1. The van der Waals surface area contributed by atoms with Gasteiger partial charge in [0.25, 0.3) is 0 Å². The molecule has 0 saturated carbocycles. The van der Waals surface area contributed by atoms with Gasteiger partial charge in [-0.2, -0.15) is 11.8 Å². The summed E-state index contributed by atoms with van der Waals surface area (Å²) >= 11 is 1.86. The van der Waals surface area contributed by atoms with Crippen molar-refractivity contribution < 1.29 is 4.79 Å². The summed E-state index contributed by atoms with van der Waals surface area (Å²) in [6.07, 6.45) is 3.04. The van der Waals surface area contributed by atoms with Crippen LogP contribution in [-0.4, -0.2) is 31.0 Å². The van der Waals surface area contributed by atoms with Gasteiger partial charge in [-0.05, 0) is 37.3 Å². The fourth-order valence-electron chi connectivity index (χ4n) is 1.74. The summed E-state index contributed by atoms with van der Waals surface area (Å²) in [4.78, 5) is 14.0. The van der Waals surface area contributed by atoms with Crippen molar-refractivity contribution in [2.45, 2.75) is 33.1 Å². The number of amides is 1. The van der Waals surface area contributed by atoms with Crippen molar-refractivity contribution in [1.29, 1.82) is 0 Å². The number of nitrogens with one attached hydrogen (secondary N) is 1. The van der Waals surface area contributed by atoms with Gasteiger partial charge in [0.2, 0.25) is 5.91 Å². The molecule has 3 nitrogen and oxygen atoms in total. The van der Waals surface area contributed by atoms with E-state index in [1.807, 2.05) is 37.0 Å². The van der Waals surface area contributed by atoms with Gasteiger partial charge in [-0.3, -0.25) is 4.79 Å². The lowest BCUT2D eigenvalue weighted by atomic mass is 10.2. The molecule has 0 saturated heterocycles. The largest absolute Gasteiger partial charge is 0.375 e. The fourth-order valence-corrected chi connectivity index (χ4v) is 2.77. The van der Waals surface area contributed by atoms with Crippen LogP contribution in [0.25, 0.3) is 0 Å². The Balaban J connectivity index is 2.38. The van der Waals surface area contributed by atoms with Crippen molar-refractivity contribution in [2.24, 2.45) is 0 Å². The van der Waals surface area contributed by atoms with Crippen LogP contribution in [0, 0.1) is 0 Å². The van der Waals surface area contributed by atoms with Crippen LogP contribution in [0.5, 0.6) is 0 Å². The summed E-state index contributed by atoms with van der Waals surface area (Å²) < 4.78 is 0. The molecule has 0 aliphatic rings. The molecule has 1 amide bonds. The van der Waals surface area contributed by atoms with Crippen LogP contribution in [0.3, 0.4) is 0 Å². The number of unbranched alkanes of at least 4 members (excludes halogenated alkanes) is 1. The first-order valence-corrected chi connectivity index (χ1v) is 8.51. The van der Waals surface area contributed by atoms with Crippen molar-refractivity contribution in [3.8, 4) is 0 Å². The molecule has 0 aliphatic heterocycles. The monoisotopic (exact) mass is 294 g/mol. The molecule has 0 fully saturated rings. The lowest BCUT2D eigenvalue weighted by molar-refractivity contribution is -0.115. The molecule has 0 atom stereocenters. The molecule has 4 heteroatoms. The summed E-state index contributed by atoms with van der Waals surface area (Å²) in [6, 6.07) is 7.99. The van der Waals surface area contributed by atoms with Crippen LogP contribution >= 0.6 is 11.8 Å². The summed E-state index contributed by atoms with van der Waals surface area (Å²) in [5, 5.41) is 2.97. The first kappa shape index (κ1) is 16.9. The van der Waals surface area contributed by atoms with Crippen molar-refractivity contribution >= 4 is 29.0 Å². The second-order valence-corrected chi connectivity index (χ2v) is 6.05. The summed E-state index contributed by atoms with van der Waals surface area (Å²) in [7, 11) is 2.05. The maximum absolute atomic E-state index is 11.9. The predicted molar refractivity (Wildman–Crippen MR) is 90.9 cm³/mol. The van der Waals surface area contributed by atoms with Gasteiger partial charge in [0.1, 0.15) is 0 Å². The van der Waals surface area contributed by atoms with E-state index in [0.717, 1.165) is 29.4 Å². The lowest BCUT2D eigenvalue weighted by Gasteiger charge is -2.17. The minimum absolute atomic E-state index is 0.102. The number of rotatable bonds is 9. The van der Waals surface area contributed by atoms with E-state index in [0.29, 0.717) is 6.42 Å². The van der Waals surface area contributed by atoms with Crippen LogP contribution in [0.4, 0.5) is 11.4 Å². The number of nitrogens with zero attached hydrogens (tertiary/aromatic N) is 1. The van der Waals surface area contributed by atoms with Crippen molar-refractivity contribution in [1.82, 2.24) is 0 Å². The van der Waals surface area contributed by atoms with Crippen LogP contribution in [0.2, 0.25) is 0 Å². The molecule has 0 aliphatic carbocycles. The third-order valence-electron chi connectivity index (χ3n) is 3.16. The van der Waals surface area contributed by atoms with E-state index in [1.54, 1.807) is 0 Å². The molecule has 20 heavy (non-hydrogen) atoms. The second kappa shape index (κ2) is 9.70. The molecule has 0 radical (unpaired) electrons. The molecule has 0 spiro atoms. The van der Waals surface area contributed by atoms with E-state index in [4.69, 9.17) is 0 Å². The van der Waals surface area contributed by atoms with Crippen molar-refractivity contribution in [2.75, 3.05) is 35.3 Å². The third kappa shape index (κ3) is 6.33. The van der Waals surface area contributed by atoms with Gasteiger partial charge in [-0.1, -0.05) is 19.4 Å².